The van der Waals surface area contributed by atoms with Crippen molar-refractivity contribution in [1.29, 1.82) is 0 Å². The van der Waals surface area contributed by atoms with Gasteiger partial charge in [-0.25, -0.2) is 5.01 Å². The van der Waals surface area contributed by atoms with E-state index in [-0.39, 0.29) is 5.91 Å². The molecule has 106 valence electrons. The fourth-order valence-electron chi connectivity index (χ4n) is 2.18. The summed E-state index contributed by atoms with van der Waals surface area (Å²) in [5.41, 5.74) is 12.6. The van der Waals surface area contributed by atoms with Crippen LogP contribution in [0.4, 0.5) is 0 Å². The molecule has 1 unspecified atom stereocenters. The predicted molar refractivity (Wildman–Crippen MR) is 76.0 cm³/mol. The minimum atomic E-state index is -0.688. The zero-order chi connectivity index (χ0) is 14.7. The minimum absolute atomic E-state index is 0.222. The van der Waals surface area contributed by atoms with E-state index < -0.39 is 6.04 Å². The summed E-state index contributed by atoms with van der Waals surface area (Å²) in [6.45, 7) is 5.86. The molecule has 0 aliphatic carbocycles. The van der Waals surface area contributed by atoms with Crippen molar-refractivity contribution in [2.75, 3.05) is 21.2 Å². The van der Waals surface area contributed by atoms with Crippen molar-refractivity contribution in [3.05, 3.63) is 28.3 Å². The molecule has 1 rings (SSSR count). The molecule has 1 aromatic carbocycles. The highest BCUT2D eigenvalue weighted by Gasteiger charge is 2.22. The van der Waals surface area contributed by atoms with Gasteiger partial charge in [-0.15, -0.1) is 0 Å². The molecule has 5 heteroatoms. The standard InChI is InChI=1S/C14H23N3O2/c1-8-7-11(19-6)9(2)10(3)12(8)13(15)14(18)16-17(4)5/h7,13H,15H2,1-6H3,(H,16,18). The van der Waals surface area contributed by atoms with Crippen molar-refractivity contribution < 1.29 is 9.53 Å². The number of nitrogens with two attached hydrogens (primary N) is 1. The van der Waals surface area contributed by atoms with Crippen molar-refractivity contribution in [3.8, 4) is 5.75 Å². The molecule has 0 fully saturated rings. The number of aryl methyl sites for hydroxylation is 1. The molecular formula is C14H23N3O2. The summed E-state index contributed by atoms with van der Waals surface area (Å²) in [6, 6.07) is 1.23. The number of hydrazine groups is 1. The number of amides is 1. The number of nitrogens with one attached hydrogen (secondary N) is 1. The Morgan fingerprint density at radius 1 is 1.32 bits per heavy atom. The number of carbonyl (C=O) groups is 1. The molecule has 1 aromatic rings. The van der Waals surface area contributed by atoms with E-state index >= 15 is 0 Å². The Labute approximate surface area is 114 Å². The van der Waals surface area contributed by atoms with Gasteiger partial charge >= 0.3 is 0 Å². The Morgan fingerprint density at radius 2 is 1.89 bits per heavy atom. The quantitative estimate of drug-likeness (QED) is 0.803. The molecule has 5 nitrogen and oxygen atoms in total. The van der Waals surface area contributed by atoms with Crippen LogP contribution in [0.25, 0.3) is 0 Å². The number of carbonyl (C=O) groups excluding carboxylic acids is 1. The zero-order valence-electron chi connectivity index (χ0n) is 12.5. The third kappa shape index (κ3) is 3.24. The van der Waals surface area contributed by atoms with Crippen LogP contribution in [0.2, 0.25) is 0 Å². The highest BCUT2D eigenvalue weighted by atomic mass is 16.5. The van der Waals surface area contributed by atoms with Crippen molar-refractivity contribution >= 4 is 5.91 Å². The number of nitrogens with zero attached hydrogens (tertiary/aromatic N) is 1. The van der Waals surface area contributed by atoms with E-state index in [0.29, 0.717) is 0 Å². The number of benzene rings is 1. The lowest BCUT2D eigenvalue weighted by molar-refractivity contribution is -0.126. The Bertz CT molecular complexity index is 484. The van der Waals surface area contributed by atoms with Crippen LogP contribution in [-0.4, -0.2) is 32.1 Å². The van der Waals surface area contributed by atoms with Gasteiger partial charge in [-0.05, 0) is 49.1 Å². The van der Waals surface area contributed by atoms with Crippen molar-refractivity contribution in [2.24, 2.45) is 5.73 Å². The van der Waals surface area contributed by atoms with Gasteiger partial charge in [0.25, 0.3) is 5.91 Å². The summed E-state index contributed by atoms with van der Waals surface area (Å²) in [6.07, 6.45) is 0. The lowest BCUT2D eigenvalue weighted by Crippen LogP contribution is -2.42. The molecule has 0 aliphatic rings. The van der Waals surface area contributed by atoms with E-state index in [1.54, 1.807) is 26.2 Å². The zero-order valence-corrected chi connectivity index (χ0v) is 12.5. The summed E-state index contributed by atoms with van der Waals surface area (Å²) >= 11 is 0. The largest absolute Gasteiger partial charge is 0.496 e. The third-order valence-electron chi connectivity index (χ3n) is 3.26. The van der Waals surface area contributed by atoms with E-state index in [9.17, 15) is 4.79 Å². The predicted octanol–water partition coefficient (Wildman–Crippen LogP) is 1.21. The summed E-state index contributed by atoms with van der Waals surface area (Å²) in [7, 11) is 5.15. The molecule has 0 radical (unpaired) electrons. The fraction of sp³-hybridized carbons (Fsp3) is 0.500. The first kappa shape index (κ1) is 15.5. The van der Waals surface area contributed by atoms with Gasteiger partial charge in [0.05, 0.1) is 7.11 Å². The summed E-state index contributed by atoms with van der Waals surface area (Å²) in [5.74, 6) is 0.597. The van der Waals surface area contributed by atoms with E-state index in [1.165, 1.54) is 0 Å². The van der Waals surface area contributed by atoms with Crippen LogP contribution in [0, 0.1) is 20.8 Å². The lowest BCUT2D eigenvalue weighted by Gasteiger charge is -2.22. The fourth-order valence-corrected chi connectivity index (χ4v) is 2.18. The lowest BCUT2D eigenvalue weighted by atomic mass is 9.92. The highest BCUT2D eigenvalue weighted by Crippen LogP contribution is 2.30. The van der Waals surface area contributed by atoms with Crippen molar-refractivity contribution in [1.82, 2.24) is 10.4 Å². The smallest absolute Gasteiger partial charge is 0.255 e. The second-order valence-electron chi connectivity index (χ2n) is 4.91. The first-order valence-corrected chi connectivity index (χ1v) is 6.17. The molecule has 0 aliphatic heterocycles. The van der Waals surface area contributed by atoms with Crippen LogP contribution in [0.3, 0.4) is 0 Å². The summed E-state index contributed by atoms with van der Waals surface area (Å²) < 4.78 is 5.32. The first-order valence-electron chi connectivity index (χ1n) is 6.17. The number of hydrogen-bond donors (Lipinski definition) is 2. The molecule has 1 atom stereocenters. The maximum atomic E-state index is 12.0. The Morgan fingerprint density at radius 3 is 2.37 bits per heavy atom. The van der Waals surface area contributed by atoms with E-state index in [1.807, 2.05) is 26.8 Å². The molecule has 0 saturated carbocycles. The van der Waals surface area contributed by atoms with E-state index in [0.717, 1.165) is 28.0 Å². The maximum Gasteiger partial charge on any atom is 0.255 e. The summed E-state index contributed by atoms with van der Waals surface area (Å²) in [5, 5.41) is 1.59. The number of ether oxygens (including phenoxy) is 1. The van der Waals surface area contributed by atoms with Gasteiger partial charge < -0.3 is 10.5 Å². The van der Waals surface area contributed by atoms with Gasteiger partial charge in [0.15, 0.2) is 0 Å². The number of hydrogen-bond acceptors (Lipinski definition) is 4. The highest BCUT2D eigenvalue weighted by molar-refractivity contribution is 5.83. The second kappa shape index (κ2) is 6.04. The average molecular weight is 265 g/mol. The van der Waals surface area contributed by atoms with Crippen LogP contribution in [0.1, 0.15) is 28.3 Å². The Kier molecular flexibility index (Phi) is 4.91. The van der Waals surface area contributed by atoms with Crippen LogP contribution in [0.5, 0.6) is 5.75 Å². The monoisotopic (exact) mass is 265 g/mol. The van der Waals surface area contributed by atoms with Crippen LogP contribution in [0.15, 0.2) is 6.07 Å². The number of rotatable bonds is 4. The molecule has 0 bridgehead atoms. The molecule has 0 saturated heterocycles. The van der Waals surface area contributed by atoms with Gasteiger partial charge in [-0.3, -0.25) is 10.2 Å². The molecule has 0 spiro atoms. The van der Waals surface area contributed by atoms with Gasteiger partial charge in [0.2, 0.25) is 0 Å². The van der Waals surface area contributed by atoms with Gasteiger partial charge in [0, 0.05) is 14.1 Å². The first-order chi connectivity index (χ1) is 8.79. The third-order valence-corrected chi connectivity index (χ3v) is 3.26. The molecule has 3 N–H and O–H groups in total. The molecule has 0 heterocycles. The van der Waals surface area contributed by atoms with Crippen LogP contribution in [-0.2, 0) is 4.79 Å². The number of methoxy groups -OCH3 is 1. The van der Waals surface area contributed by atoms with Gasteiger partial charge in [0.1, 0.15) is 11.8 Å². The topological polar surface area (TPSA) is 67.6 Å². The van der Waals surface area contributed by atoms with E-state index in [2.05, 4.69) is 5.43 Å². The van der Waals surface area contributed by atoms with Crippen molar-refractivity contribution in [2.45, 2.75) is 26.8 Å². The Balaban J connectivity index is 3.20. The van der Waals surface area contributed by atoms with Crippen molar-refractivity contribution in [3.63, 3.8) is 0 Å². The van der Waals surface area contributed by atoms with Gasteiger partial charge in [-0.2, -0.15) is 0 Å². The molecule has 0 aromatic heterocycles. The average Bonchev–Trinajstić information content (AvgIpc) is 2.32. The van der Waals surface area contributed by atoms with Gasteiger partial charge in [-0.1, -0.05) is 0 Å². The van der Waals surface area contributed by atoms with Crippen LogP contribution >= 0.6 is 0 Å². The minimum Gasteiger partial charge on any atom is -0.496 e. The van der Waals surface area contributed by atoms with E-state index in [4.69, 9.17) is 10.5 Å². The normalized spacial score (nSPS) is 12.4. The van der Waals surface area contributed by atoms with Crippen LogP contribution < -0.4 is 15.9 Å². The SMILES string of the molecule is COc1cc(C)c(C(N)C(=O)NN(C)C)c(C)c1C. The molecule has 19 heavy (non-hydrogen) atoms. The summed E-state index contributed by atoms with van der Waals surface area (Å²) in [4.78, 5) is 12.0. The maximum absolute atomic E-state index is 12.0. The second-order valence-corrected chi connectivity index (χ2v) is 4.91. The Hall–Kier alpha value is -1.59. The molecule has 1 amide bonds. The molecular weight excluding hydrogens is 242 g/mol.